The number of hydrogen-bond donors (Lipinski definition) is 2. The third-order valence-electron chi connectivity index (χ3n) is 4.26. The van der Waals surface area contributed by atoms with Crippen molar-refractivity contribution in [3.8, 4) is 0 Å². The van der Waals surface area contributed by atoms with Crippen molar-refractivity contribution in [2.24, 2.45) is 0 Å². The van der Waals surface area contributed by atoms with Crippen molar-refractivity contribution in [3.05, 3.63) is 47.2 Å². The normalized spacial score (nSPS) is 10.4. The molecule has 0 unspecified atom stereocenters. The van der Waals surface area contributed by atoms with Crippen molar-refractivity contribution in [2.75, 3.05) is 13.1 Å². The minimum Gasteiger partial charge on any atom is -0.353 e. The molecular formula is C22H34N2O2S. The van der Waals surface area contributed by atoms with Gasteiger partial charge in [0.15, 0.2) is 0 Å². The Hall–Kier alpha value is -1.88. The summed E-state index contributed by atoms with van der Waals surface area (Å²) < 4.78 is 0. The molecule has 1 aromatic heterocycles. The van der Waals surface area contributed by atoms with Crippen LogP contribution in [-0.4, -0.2) is 24.9 Å². The van der Waals surface area contributed by atoms with Crippen LogP contribution in [0, 0.1) is 0 Å². The smallest absolute Gasteiger partial charge is 0.220 e. The molecule has 0 spiro atoms. The predicted octanol–water partition coefficient (Wildman–Crippen LogP) is 4.56. The van der Waals surface area contributed by atoms with E-state index >= 15 is 0 Å². The maximum Gasteiger partial charge on any atom is 0.220 e. The second-order valence-electron chi connectivity index (χ2n) is 6.67. The first-order valence-corrected chi connectivity index (χ1v) is 10.8. The fourth-order valence-corrected chi connectivity index (χ4v) is 3.88. The standard InChI is InChI=1S/C22H34N2O2S/c1-3-17-23-21(25)13-9-7-5-6-8-11-19-15-16-20(27-19)12-10-14-22(26)24-18-4-2/h3-4,15-16H,1-2,5-14,17-18H2,(H,23,25)(H,24,26). The molecule has 0 saturated carbocycles. The summed E-state index contributed by atoms with van der Waals surface area (Å²) >= 11 is 1.87. The molecule has 0 aliphatic heterocycles. The van der Waals surface area contributed by atoms with Gasteiger partial charge < -0.3 is 10.6 Å². The van der Waals surface area contributed by atoms with Crippen LogP contribution in [0.15, 0.2) is 37.4 Å². The zero-order valence-corrected chi connectivity index (χ0v) is 17.3. The second-order valence-corrected chi connectivity index (χ2v) is 7.93. The monoisotopic (exact) mass is 390 g/mol. The van der Waals surface area contributed by atoms with Gasteiger partial charge in [0.2, 0.25) is 11.8 Å². The Balaban J connectivity index is 2.03. The number of carbonyl (C=O) groups is 2. The molecule has 0 aliphatic carbocycles. The molecule has 0 radical (unpaired) electrons. The highest BCUT2D eigenvalue weighted by Gasteiger charge is 2.04. The first-order valence-electron chi connectivity index (χ1n) is 9.98. The topological polar surface area (TPSA) is 58.2 Å². The molecule has 1 heterocycles. The zero-order valence-electron chi connectivity index (χ0n) is 16.4. The van der Waals surface area contributed by atoms with Gasteiger partial charge in [-0.2, -0.15) is 0 Å². The Morgan fingerprint density at radius 2 is 1.26 bits per heavy atom. The van der Waals surface area contributed by atoms with Gasteiger partial charge in [-0.3, -0.25) is 9.59 Å². The molecule has 2 amide bonds. The number of nitrogens with one attached hydrogen (secondary N) is 2. The zero-order chi connectivity index (χ0) is 19.7. The predicted molar refractivity (Wildman–Crippen MR) is 115 cm³/mol. The first kappa shape index (κ1) is 23.2. The summed E-state index contributed by atoms with van der Waals surface area (Å²) in [5.41, 5.74) is 0. The van der Waals surface area contributed by atoms with Gasteiger partial charge in [0.25, 0.3) is 0 Å². The Kier molecular flexibility index (Phi) is 13.0. The molecule has 1 rings (SSSR count). The van der Waals surface area contributed by atoms with E-state index in [1.54, 1.807) is 12.2 Å². The van der Waals surface area contributed by atoms with Crippen LogP contribution in [0.1, 0.15) is 61.1 Å². The largest absolute Gasteiger partial charge is 0.353 e. The van der Waals surface area contributed by atoms with E-state index in [0.717, 1.165) is 32.1 Å². The van der Waals surface area contributed by atoms with Crippen LogP contribution >= 0.6 is 11.3 Å². The lowest BCUT2D eigenvalue weighted by Crippen LogP contribution is -2.22. The number of thiophene rings is 1. The minimum absolute atomic E-state index is 0.102. The molecule has 27 heavy (non-hydrogen) atoms. The van der Waals surface area contributed by atoms with E-state index in [-0.39, 0.29) is 11.8 Å². The summed E-state index contributed by atoms with van der Waals surface area (Å²) in [5.74, 6) is 0.226. The third kappa shape index (κ3) is 12.2. The molecule has 0 aromatic carbocycles. The fourth-order valence-electron chi connectivity index (χ4n) is 2.78. The van der Waals surface area contributed by atoms with Gasteiger partial charge in [-0.15, -0.1) is 24.5 Å². The quantitative estimate of drug-likeness (QED) is 0.321. The van der Waals surface area contributed by atoms with Crippen molar-refractivity contribution < 1.29 is 9.59 Å². The molecule has 0 bridgehead atoms. The summed E-state index contributed by atoms with van der Waals surface area (Å²) in [7, 11) is 0. The van der Waals surface area contributed by atoms with Gasteiger partial charge >= 0.3 is 0 Å². The van der Waals surface area contributed by atoms with Crippen LogP contribution in [0.25, 0.3) is 0 Å². The molecule has 150 valence electrons. The van der Waals surface area contributed by atoms with E-state index < -0.39 is 0 Å². The fraction of sp³-hybridized carbons (Fsp3) is 0.545. The van der Waals surface area contributed by atoms with Crippen LogP contribution in [0.2, 0.25) is 0 Å². The van der Waals surface area contributed by atoms with Gasteiger partial charge in [0, 0.05) is 35.7 Å². The molecule has 2 N–H and O–H groups in total. The molecule has 5 heteroatoms. The number of unbranched alkanes of at least 4 members (excludes halogenated alkanes) is 4. The Labute approximate surface area is 168 Å². The highest BCUT2D eigenvalue weighted by molar-refractivity contribution is 7.11. The van der Waals surface area contributed by atoms with Crippen LogP contribution < -0.4 is 10.6 Å². The van der Waals surface area contributed by atoms with E-state index in [1.807, 2.05) is 11.3 Å². The average molecular weight is 391 g/mol. The molecule has 0 fully saturated rings. The van der Waals surface area contributed by atoms with Crippen LogP contribution in [0.5, 0.6) is 0 Å². The van der Waals surface area contributed by atoms with Gasteiger partial charge in [0.1, 0.15) is 0 Å². The SMILES string of the molecule is C=CCNC(=O)CCCCCCCc1ccc(CCCC(=O)NCC=C)s1. The van der Waals surface area contributed by atoms with Gasteiger partial charge in [-0.05, 0) is 44.2 Å². The van der Waals surface area contributed by atoms with E-state index in [9.17, 15) is 9.59 Å². The summed E-state index contributed by atoms with van der Waals surface area (Å²) in [6.07, 6.45) is 13.3. The van der Waals surface area contributed by atoms with Gasteiger partial charge in [-0.1, -0.05) is 31.4 Å². The Bertz CT molecular complexity index is 581. The Morgan fingerprint density at radius 1 is 0.778 bits per heavy atom. The number of hydrogen-bond acceptors (Lipinski definition) is 3. The number of aryl methyl sites for hydroxylation is 2. The third-order valence-corrected chi connectivity index (χ3v) is 5.46. The van der Waals surface area contributed by atoms with Crippen LogP contribution in [0.4, 0.5) is 0 Å². The number of rotatable bonds is 16. The van der Waals surface area contributed by atoms with Crippen molar-refractivity contribution in [1.29, 1.82) is 0 Å². The van der Waals surface area contributed by atoms with E-state index in [4.69, 9.17) is 0 Å². The average Bonchev–Trinajstić information content (AvgIpc) is 3.11. The lowest BCUT2D eigenvalue weighted by Gasteiger charge is -2.03. The highest BCUT2D eigenvalue weighted by atomic mass is 32.1. The molecule has 4 nitrogen and oxygen atoms in total. The van der Waals surface area contributed by atoms with Crippen LogP contribution in [0.3, 0.4) is 0 Å². The van der Waals surface area contributed by atoms with E-state index in [1.165, 1.54) is 29.0 Å². The molecule has 0 aliphatic rings. The van der Waals surface area contributed by atoms with Crippen LogP contribution in [-0.2, 0) is 22.4 Å². The van der Waals surface area contributed by atoms with Crippen molar-refractivity contribution in [2.45, 2.75) is 64.2 Å². The second kappa shape index (κ2) is 15.2. The van der Waals surface area contributed by atoms with Crippen molar-refractivity contribution in [1.82, 2.24) is 10.6 Å². The van der Waals surface area contributed by atoms with Gasteiger partial charge in [-0.25, -0.2) is 0 Å². The summed E-state index contributed by atoms with van der Waals surface area (Å²) in [4.78, 5) is 25.8. The first-order chi connectivity index (χ1) is 13.2. The number of amides is 2. The maximum absolute atomic E-state index is 11.5. The molecule has 1 aromatic rings. The number of carbonyl (C=O) groups excluding carboxylic acids is 2. The Morgan fingerprint density at radius 3 is 1.85 bits per heavy atom. The van der Waals surface area contributed by atoms with E-state index in [2.05, 4.69) is 35.9 Å². The molecule has 0 atom stereocenters. The summed E-state index contributed by atoms with van der Waals surface area (Å²) in [5, 5.41) is 5.61. The lowest BCUT2D eigenvalue weighted by molar-refractivity contribution is -0.121. The lowest BCUT2D eigenvalue weighted by atomic mass is 10.1. The molecule has 0 saturated heterocycles. The summed E-state index contributed by atoms with van der Waals surface area (Å²) in [6.45, 7) is 8.29. The maximum atomic E-state index is 11.5. The van der Waals surface area contributed by atoms with Crippen molar-refractivity contribution in [3.63, 3.8) is 0 Å². The highest BCUT2D eigenvalue weighted by Crippen LogP contribution is 2.21. The van der Waals surface area contributed by atoms with Gasteiger partial charge in [0.05, 0.1) is 0 Å². The molecular weight excluding hydrogens is 356 g/mol. The van der Waals surface area contributed by atoms with Crippen molar-refractivity contribution >= 4 is 23.2 Å². The summed E-state index contributed by atoms with van der Waals surface area (Å²) in [6, 6.07) is 4.42. The minimum atomic E-state index is 0.102. The van der Waals surface area contributed by atoms with E-state index in [0.29, 0.717) is 25.9 Å².